The highest BCUT2D eigenvalue weighted by molar-refractivity contribution is 5.93. The van der Waals surface area contributed by atoms with E-state index in [0.29, 0.717) is 18.2 Å². The number of carbonyl (C=O) groups is 2. The highest BCUT2D eigenvalue weighted by atomic mass is 16.6. The Kier molecular flexibility index (Phi) is 7.15. The average Bonchev–Trinajstić information content (AvgIpc) is 2.66. The fourth-order valence-electron chi connectivity index (χ4n) is 3.24. The SMILES string of the molecule is C[C@H](OC(=O)c1ccc(N(C)C)c([N+](=O)[O-])c1)C(=O)NCC1CCCCC1. The van der Waals surface area contributed by atoms with Crippen molar-refractivity contribution in [2.24, 2.45) is 5.92 Å². The average molecular weight is 377 g/mol. The molecule has 0 aromatic heterocycles. The van der Waals surface area contributed by atoms with Gasteiger partial charge in [-0.3, -0.25) is 14.9 Å². The van der Waals surface area contributed by atoms with E-state index in [1.165, 1.54) is 44.4 Å². The Morgan fingerprint density at radius 3 is 2.56 bits per heavy atom. The van der Waals surface area contributed by atoms with E-state index in [9.17, 15) is 19.7 Å². The van der Waals surface area contributed by atoms with Crippen LogP contribution < -0.4 is 10.2 Å². The van der Waals surface area contributed by atoms with E-state index in [2.05, 4.69) is 5.32 Å². The lowest BCUT2D eigenvalue weighted by atomic mass is 9.89. The minimum absolute atomic E-state index is 0.0410. The minimum Gasteiger partial charge on any atom is -0.449 e. The molecule has 8 heteroatoms. The molecule has 1 amide bonds. The predicted molar refractivity (Wildman–Crippen MR) is 102 cm³/mol. The van der Waals surface area contributed by atoms with Crippen LogP contribution in [0.15, 0.2) is 18.2 Å². The Morgan fingerprint density at radius 1 is 1.30 bits per heavy atom. The summed E-state index contributed by atoms with van der Waals surface area (Å²) in [5.41, 5.74) is 0.234. The number of rotatable bonds is 7. The number of carbonyl (C=O) groups excluding carboxylic acids is 2. The molecule has 0 heterocycles. The van der Waals surface area contributed by atoms with Gasteiger partial charge in [0.25, 0.3) is 11.6 Å². The molecule has 0 saturated heterocycles. The number of amides is 1. The van der Waals surface area contributed by atoms with Crippen molar-refractivity contribution in [2.45, 2.75) is 45.1 Å². The number of benzene rings is 1. The summed E-state index contributed by atoms with van der Waals surface area (Å²) in [5.74, 6) is -0.635. The second-order valence-corrected chi connectivity index (χ2v) is 7.15. The molecule has 27 heavy (non-hydrogen) atoms. The van der Waals surface area contributed by atoms with E-state index >= 15 is 0 Å². The van der Waals surface area contributed by atoms with Gasteiger partial charge in [-0.15, -0.1) is 0 Å². The van der Waals surface area contributed by atoms with Gasteiger partial charge in [-0.2, -0.15) is 0 Å². The molecule has 0 radical (unpaired) electrons. The molecule has 1 aliphatic carbocycles. The Morgan fingerprint density at radius 2 is 1.96 bits per heavy atom. The Bertz CT molecular complexity index is 699. The first-order chi connectivity index (χ1) is 12.8. The molecule has 0 aliphatic heterocycles. The van der Waals surface area contributed by atoms with Crippen molar-refractivity contribution in [3.05, 3.63) is 33.9 Å². The van der Waals surface area contributed by atoms with Crippen molar-refractivity contribution < 1.29 is 19.2 Å². The maximum absolute atomic E-state index is 12.3. The van der Waals surface area contributed by atoms with E-state index in [1.54, 1.807) is 19.0 Å². The maximum Gasteiger partial charge on any atom is 0.339 e. The number of ether oxygens (including phenoxy) is 1. The lowest BCUT2D eigenvalue weighted by Gasteiger charge is -2.22. The van der Waals surface area contributed by atoms with Gasteiger partial charge in [0.15, 0.2) is 6.10 Å². The molecule has 1 N–H and O–H groups in total. The van der Waals surface area contributed by atoms with Crippen LogP contribution in [0.1, 0.15) is 49.4 Å². The first-order valence-corrected chi connectivity index (χ1v) is 9.24. The number of nitrogens with one attached hydrogen (secondary N) is 1. The largest absolute Gasteiger partial charge is 0.449 e. The van der Waals surface area contributed by atoms with Gasteiger partial charge in [0, 0.05) is 26.7 Å². The van der Waals surface area contributed by atoms with Gasteiger partial charge in [-0.05, 0) is 37.8 Å². The number of hydrogen-bond donors (Lipinski definition) is 1. The molecule has 1 aromatic rings. The van der Waals surface area contributed by atoms with Crippen molar-refractivity contribution in [3.63, 3.8) is 0 Å². The molecule has 0 unspecified atom stereocenters. The van der Waals surface area contributed by atoms with Crippen molar-refractivity contribution in [1.29, 1.82) is 0 Å². The van der Waals surface area contributed by atoms with Crippen LogP contribution in [-0.4, -0.2) is 43.5 Å². The van der Waals surface area contributed by atoms with Crippen LogP contribution in [0.4, 0.5) is 11.4 Å². The third kappa shape index (κ3) is 5.67. The summed E-state index contributed by atoms with van der Waals surface area (Å²) in [7, 11) is 3.36. The van der Waals surface area contributed by atoms with Crippen LogP contribution in [0, 0.1) is 16.0 Å². The van der Waals surface area contributed by atoms with Gasteiger partial charge in [0.2, 0.25) is 0 Å². The van der Waals surface area contributed by atoms with Gasteiger partial charge in [-0.25, -0.2) is 4.79 Å². The summed E-state index contributed by atoms with van der Waals surface area (Å²) >= 11 is 0. The number of esters is 1. The van der Waals surface area contributed by atoms with Gasteiger partial charge >= 0.3 is 5.97 Å². The maximum atomic E-state index is 12.3. The quantitative estimate of drug-likeness (QED) is 0.445. The zero-order chi connectivity index (χ0) is 20.0. The van der Waals surface area contributed by atoms with E-state index in [0.717, 1.165) is 12.8 Å². The summed E-state index contributed by atoms with van der Waals surface area (Å²) in [6.07, 6.45) is 4.87. The number of hydrogen-bond acceptors (Lipinski definition) is 6. The fourth-order valence-corrected chi connectivity index (χ4v) is 3.24. The number of nitro groups is 1. The predicted octanol–water partition coefficient (Wildman–Crippen LogP) is 2.90. The first-order valence-electron chi connectivity index (χ1n) is 9.24. The molecule has 1 fully saturated rings. The summed E-state index contributed by atoms with van der Waals surface area (Å²) in [6.45, 7) is 2.08. The smallest absolute Gasteiger partial charge is 0.339 e. The zero-order valence-electron chi connectivity index (χ0n) is 16.1. The summed E-state index contributed by atoms with van der Waals surface area (Å²) in [4.78, 5) is 36.7. The highest BCUT2D eigenvalue weighted by Gasteiger charge is 2.23. The first kappa shape index (κ1) is 20.7. The number of nitrogens with zero attached hydrogens (tertiary/aromatic N) is 2. The topological polar surface area (TPSA) is 102 Å². The molecule has 2 rings (SSSR count). The Hall–Kier alpha value is -2.64. The Labute approximate surface area is 159 Å². The Balaban J connectivity index is 1.95. The fraction of sp³-hybridized carbons (Fsp3) is 0.579. The van der Waals surface area contributed by atoms with Crippen molar-refractivity contribution in [1.82, 2.24) is 5.32 Å². The van der Waals surface area contributed by atoms with Crippen molar-refractivity contribution in [2.75, 3.05) is 25.5 Å². The van der Waals surface area contributed by atoms with Gasteiger partial charge < -0.3 is 15.0 Å². The molecular weight excluding hydrogens is 350 g/mol. The molecule has 148 valence electrons. The third-order valence-corrected chi connectivity index (χ3v) is 4.83. The highest BCUT2D eigenvalue weighted by Crippen LogP contribution is 2.28. The van der Waals surface area contributed by atoms with Gasteiger partial charge in [0.1, 0.15) is 5.69 Å². The third-order valence-electron chi connectivity index (χ3n) is 4.83. The normalized spacial score (nSPS) is 15.7. The van der Waals surface area contributed by atoms with E-state index in [4.69, 9.17) is 4.74 Å². The van der Waals surface area contributed by atoms with E-state index in [-0.39, 0.29) is 17.2 Å². The summed E-state index contributed by atoms with van der Waals surface area (Å²) < 4.78 is 5.19. The van der Waals surface area contributed by atoms with Crippen LogP contribution >= 0.6 is 0 Å². The lowest BCUT2D eigenvalue weighted by molar-refractivity contribution is -0.384. The monoisotopic (exact) mass is 377 g/mol. The van der Waals surface area contributed by atoms with E-state index in [1.807, 2.05) is 0 Å². The second-order valence-electron chi connectivity index (χ2n) is 7.15. The second kappa shape index (κ2) is 9.34. The molecule has 1 aromatic carbocycles. The standard InChI is InChI=1S/C19H27N3O5/c1-13(18(23)20-12-14-7-5-4-6-8-14)27-19(24)15-9-10-16(21(2)3)17(11-15)22(25)26/h9-11,13-14H,4-8,12H2,1-3H3,(H,20,23)/t13-/m0/s1. The van der Waals surface area contributed by atoms with Crippen LogP contribution in [0.25, 0.3) is 0 Å². The van der Waals surface area contributed by atoms with Gasteiger partial charge in [-0.1, -0.05) is 19.3 Å². The molecule has 1 atom stereocenters. The molecular formula is C19H27N3O5. The molecule has 1 aliphatic rings. The van der Waals surface area contributed by atoms with E-state index < -0.39 is 17.0 Å². The summed E-state index contributed by atoms with van der Waals surface area (Å²) in [6, 6.07) is 4.12. The van der Waals surface area contributed by atoms with Crippen LogP contribution in [0.5, 0.6) is 0 Å². The summed E-state index contributed by atoms with van der Waals surface area (Å²) in [5, 5.41) is 14.1. The van der Waals surface area contributed by atoms with Crippen molar-refractivity contribution >= 4 is 23.3 Å². The van der Waals surface area contributed by atoms with Gasteiger partial charge in [0.05, 0.1) is 10.5 Å². The zero-order valence-corrected chi connectivity index (χ0v) is 16.1. The van der Waals surface area contributed by atoms with Crippen molar-refractivity contribution in [3.8, 4) is 0 Å². The minimum atomic E-state index is -0.964. The molecule has 8 nitrogen and oxygen atoms in total. The van der Waals surface area contributed by atoms with Crippen LogP contribution in [-0.2, 0) is 9.53 Å². The number of nitro benzene ring substituents is 1. The van der Waals surface area contributed by atoms with Crippen LogP contribution in [0.3, 0.4) is 0 Å². The molecule has 1 saturated carbocycles. The van der Waals surface area contributed by atoms with Crippen LogP contribution in [0.2, 0.25) is 0 Å². The lowest BCUT2D eigenvalue weighted by Crippen LogP contribution is -2.38. The number of anilines is 1. The molecule has 0 bridgehead atoms. The molecule has 0 spiro atoms.